The summed E-state index contributed by atoms with van der Waals surface area (Å²) in [6.07, 6.45) is -15.5. The van der Waals surface area contributed by atoms with Crippen LogP contribution in [0.4, 0.5) is 0 Å². The first kappa shape index (κ1) is 72.5. The molecule has 0 aromatic heterocycles. The van der Waals surface area contributed by atoms with Crippen molar-refractivity contribution < 1.29 is 103 Å². The van der Waals surface area contributed by atoms with E-state index >= 15 is 0 Å². The highest BCUT2D eigenvalue weighted by Gasteiger charge is 2.52. The first-order valence-corrected chi connectivity index (χ1v) is 28.3. The third-order valence-electron chi connectivity index (χ3n) is 14.8. The van der Waals surface area contributed by atoms with Gasteiger partial charge in [-0.3, -0.25) is 47.9 Å². The van der Waals surface area contributed by atoms with Gasteiger partial charge in [0.25, 0.3) is 0 Å². The zero-order valence-corrected chi connectivity index (χ0v) is 50.0. The van der Waals surface area contributed by atoms with Crippen LogP contribution in [0.15, 0.2) is 0 Å². The molecule has 3 heterocycles. The molecule has 31 nitrogen and oxygen atoms in total. The minimum atomic E-state index is -1.93. The summed E-state index contributed by atoms with van der Waals surface area (Å²) < 4.78 is 23.1. The molecule has 0 aromatic carbocycles. The molecule has 0 aromatic rings. The van der Waals surface area contributed by atoms with E-state index in [1.54, 1.807) is 55.4 Å². The summed E-state index contributed by atoms with van der Waals surface area (Å²) in [4.78, 5) is 135. The standard InChI is InChI=1S/C53H92N10O21/c1-20(2)33(47(75)57-26(11)51(79)80)60-49(77)35(22(5)6)61-48(76)34(21(3)4)59-44(72)25(10)55-43(71)24(9)56-45(73)29-16-14-15-17-63(29)50(78)36(23(7)8)62-46(74)32(54)27(12)81-52-37(58-28(13)66)42(39(68)31(19-65)82-52)84-53-41(70)40(69)38(67)30(18-64)83-53/h20-27,29-42,52-53,64-65,67-70H,14-19,54H2,1-13H3,(H,55,71)(H,56,73)(H,57,75)(H,58,66)(H,59,72)(H,60,77)(H,61,76)(H,62,74)(H,79,80)/t24-,25-,26-,27-,29-,30-,31-,32-,33-,34-,35-,36-,37-,38+,39+,40+,41-,42-,52+,53+/m1/s1. The zero-order valence-electron chi connectivity index (χ0n) is 50.0. The molecular formula is C53H92N10O21. The smallest absolute Gasteiger partial charge is 0.325 e. The van der Waals surface area contributed by atoms with Crippen LogP contribution in [0.25, 0.3) is 0 Å². The minimum Gasteiger partial charge on any atom is -0.480 e. The average molecular weight is 1210 g/mol. The van der Waals surface area contributed by atoms with Gasteiger partial charge in [-0.25, -0.2) is 0 Å². The molecule has 0 bridgehead atoms. The number of nitrogens with one attached hydrogen (secondary N) is 8. The maximum absolute atomic E-state index is 14.4. The van der Waals surface area contributed by atoms with E-state index in [9.17, 15) is 83.7 Å². The van der Waals surface area contributed by atoms with Crippen molar-refractivity contribution in [2.45, 2.75) is 231 Å². The Hall–Kier alpha value is -5.74. The highest BCUT2D eigenvalue weighted by Crippen LogP contribution is 2.31. The normalized spacial score (nSPS) is 27.8. The lowest BCUT2D eigenvalue weighted by Gasteiger charge is -2.48. The van der Waals surface area contributed by atoms with Gasteiger partial charge in [0.15, 0.2) is 12.6 Å². The minimum absolute atomic E-state index is 0.0872. The number of aliphatic carboxylic acids is 1. The highest BCUT2D eigenvalue weighted by molar-refractivity contribution is 5.98. The van der Waals surface area contributed by atoms with Crippen LogP contribution in [0.5, 0.6) is 0 Å². The molecule has 480 valence electrons. The van der Waals surface area contributed by atoms with Gasteiger partial charge in [0.2, 0.25) is 53.2 Å². The SMILES string of the molecule is CC(=O)N[C@H]1[C@@H](O[C@H](C)[C@@H](N)C(=O)N[C@@H](C(=O)N2CCCC[C@@H]2C(=O)N[C@H](C)C(=O)N[C@H](C)C(=O)N[C@@H](C(=O)N[C@@H](C(=O)N[C@@H](C(=O)N[C@H](C)C(=O)O)C(C)C)C(C)C)C(C)C)C(C)C)O[C@H](CO)[C@H](O)[C@@H]1O[C@@H]1O[C@H](CO)[C@H](O)[C@H](O)[C@H]1O. The van der Waals surface area contributed by atoms with E-state index in [-0.39, 0.29) is 13.0 Å². The van der Waals surface area contributed by atoms with Gasteiger partial charge in [-0.15, -0.1) is 0 Å². The number of piperidine rings is 1. The van der Waals surface area contributed by atoms with Crippen LogP contribution < -0.4 is 48.3 Å². The Morgan fingerprint density at radius 1 is 0.548 bits per heavy atom. The van der Waals surface area contributed by atoms with Crippen molar-refractivity contribution in [3.8, 4) is 0 Å². The molecule has 20 atom stereocenters. The Morgan fingerprint density at radius 3 is 1.48 bits per heavy atom. The van der Waals surface area contributed by atoms with Gasteiger partial charge in [-0.2, -0.15) is 0 Å². The summed E-state index contributed by atoms with van der Waals surface area (Å²) in [5.74, 6) is -10.2. The first-order valence-electron chi connectivity index (χ1n) is 28.3. The van der Waals surface area contributed by atoms with Crippen molar-refractivity contribution in [1.82, 2.24) is 47.4 Å². The first-order chi connectivity index (χ1) is 39.1. The summed E-state index contributed by atoms with van der Waals surface area (Å²) in [6, 6.07) is -12.8. The van der Waals surface area contributed by atoms with E-state index in [4.69, 9.17) is 24.7 Å². The van der Waals surface area contributed by atoms with E-state index in [2.05, 4.69) is 42.5 Å². The quantitative estimate of drug-likeness (QED) is 0.0347. The van der Waals surface area contributed by atoms with Crippen LogP contribution in [0.1, 0.15) is 109 Å². The van der Waals surface area contributed by atoms with Crippen LogP contribution in [0.2, 0.25) is 0 Å². The predicted molar refractivity (Wildman–Crippen MR) is 293 cm³/mol. The molecule has 0 saturated carbocycles. The Bertz CT molecular complexity index is 2280. The number of carboxylic acids is 1. The second kappa shape index (κ2) is 32.7. The fourth-order valence-electron chi connectivity index (χ4n) is 9.50. The Kier molecular flexibility index (Phi) is 28.2. The highest BCUT2D eigenvalue weighted by atomic mass is 16.7. The maximum atomic E-state index is 14.4. The second-order valence-electron chi connectivity index (χ2n) is 23.1. The molecule has 9 amide bonds. The lowest BCUT2D eigenvalue weighted by atomic mass is 9.95. The molecule has 84 heavy (non-hydrogen) atoms. The van der Waals surface area contributed by atoms with Gasteiger partial charge in [0.05, 0.1) is 19.3 Å². The van der Waals surface area contributed by atoms with Gasteiger partial charge < -0.3 is 108 Å². The number of amides is 9. The summed E-state index contributed by atoms with van der Waals surface area (Å²) in [6.45, 7) is 18.0. The monoisotopic (exact) mass is 1200 g/mol. The second-order valence-corrected chi connectivity index (χ2v) is 23.1. The van der Waals surface area contributed by atoms with E-state index in [1.165, 1.54) is 32.6 Å². The van der Waals surface area contributed by atoms with E-state index in [1.807, 2.05) is 0 Å². The van der Waals surface area contributed by atoms with Crippen molar-refractivity contribution >= 4 is 59.1 Å². The van der Waals surface area contributed by atoms with E-state index in [0.717, 1.165) is 6.92 Å². The third kappa shape index (κ3) is 19.4. The summed E-state index contributed by atoms with van der Waals surface area (Å²) in [5, 5.41) is 92.0. The number of nitrogens with zero attached hydrogens (tertiary/aromatic N) is 1. The molecule has 31 heteroatoms. The molecule has 0 spiro atoms. The Morgan fingerprint density at radius 2 is 0.988 bits per heavy atom. The molecular weight excluding hydrogens is 1110 g/mol. The van der Waals surface area contributed by atoms with Gasteiger partial charge in [0, 0.05) is 13.5 Å². The van der Waals surface area contributed by atoms with Crippen LogP contribution in [-0.4, -0.2) is 241 Å². The third-order valence-corrected chi connectivity index (χ3v) is 14.8. The van der Waals surface area contributed by atoms with Crippen LogP contribution in [0.3, 0.4) is 0 Å². The largest absolute Gasteiger partial charge is 0.480 e. The van der Waals surface area contributed by atoms with Crippen molar-refractivity contribution in [2.75, 3.05) is 19.8 Å². The Labute approximate surface area is 488 Å². The predicted octanol–water partition coefficient (Wildman–Crippen LogP) is -5.97. The molecule has 0 unspecified atom stereocenters. The molecule has 17 N–H and O–H groups in total. The summed E-state index contributed by atoms with van der Waals surface area (Å²) in [7, 11) is 0. The van der Waals surface area contributed by atoms with Crippen LogP contribution in [0, 0.1) is 23.7 Å². The number of hydrogen-bond donors (Lipinski definition) is 16. The average Bonchev–Trinajstić information content (AvgIpc) is 3.55. The molecule has 0 radical (unpaired) electrons. The number of hydrogen-bond acceptors (Lipinski definition) is 21. The van der Waals surface area contributed by atoms with Crippen molar-refractivity contribution in [1.29, 1.82) is 0 Å². The van der Waals surface area contributed by atoms with Crippen molar-refractivity contribution in [3.05, 3.63) is 0 Å². The maximum Gasteiger partial charge on any atom is 0.325 e. The van der Waals surface area contributed by atoms with Crippen LogP contribution in [-0.2, 0) is 66.9 Å². The number of ether oxygens (including phenoxy) is 4. The number of nitrogens with two attached hydrogens (primary N) is 1. The number of likely N-dealkylation sites (tertiary alicyclic amines) is 1. The lowest BCUT2D eigenvalue weighted by Crippen LogP contribution is -2.68. The molecule has 0 aliphatic carbocycles. The molecule has 3 aliphatic rings. The van der Waals surface area contributed by atoms with Crippen LogP contribution >= 0.6 is 0 Å². The molecule has 3 saturated heterocycles. The van der Waals surface area contributed by atoms with Gasteiger partial charge in [0.1, 0.15) is 103 Å². The fourth-order valence-corrected chi connectivity index (χ4v) is 9.50. The van der Waals surface area contributed by atoms with E-state index in [0.29, 0.717) is 12.8 Å². The topological polar surface area (TPSA) is 475 Å². The number of rotatable bonds is 28. The molecule has 3 aliphatic heterocycles. The van der Waals surface area contributed by atoms with Crippen molar-refractivity contribution in [3.63, 3.8) is 0 Å². The number of carboxylic acid groups (broad SMARTS) is 1. The molecule has 3 fully saturated rings. The van der Waals surface area contributed by atoms with Gasteiger partial charge in [-0.1, -0.05) is 55.4 Å². The van der Waals surface area contributed by atoms with Gasteiger partial charge in [-0.05, 0) is 70.6 Å². The number of aliphatic hydroxyl groups excluding tert-OH is 6. The fraction of sp³-hybridized carbons (Fsp3) is 0.811. The zero-order chi connectivity index (χ0) is 63.9. The number of carbonyl (C=O) groups is 10. The molecule has 3 rings (SSSR count). The van der Waals surface area contributed by atoms with Gasteiger partial charge >= 0.3 is 5.97 Å². The summed E-state index contributed by atoms with van der Waals surface area (Å²) in [5.41, 5.74) is 6.41. The number of aliphatic hydroxyl groups is 6. The van der Waals surface area contributed by atoms with E-state index < -0.39 is 218 Å². The summed E-state index contributed by atoms with van der Waals surface area (Å²) >= 11 is 0. The van der Waals surface area contributed by atoms with Crippen molar-refractivity contribution in [2.24, 2.45) is 29.4 Å². The lowest BCUT2D eigenvalue weighted by molar-refractivity contribution is -0.347. The number of carbonyl (C=O) groups excluding carboxylic acids is 9. The Balaban J connectivity index is 1.69.